The van der Waals surface area contributed by atoms with Crippen molar-refractivity contribution in [2.45, 2.75) is 19.1 Å². The molecule has 1 amide bonds. The van der Waals surface area contributed by atoms with E-state index in [1.807, 2.05) is 30.3 Å². The van der Waals surface area contributed by atoms with Crippen molar-refractivity contribution in [1.29, 1.82) is 0 Å². The third-order valence-electron chi connectivity index (χ3n) is 4.80. The molecule has 0 bridgehead atoms. The number of amides is 1. The van der Waals surface area contributed by atoms with Crippen LogP contribution in [-0.2, 0) is 17.8 Å². The number of benzene rings is 2. The monoisotopic (exact) mass is 351 g/mol. The molecule has 1 unspecified atom stereocenters. The first-order valence-electron chi connectivity index (χ1n) is 8.65. The summed E-state index contributed by atoms with van der Waals surface area (Å²) in [7, 11) is 3.39. The molecule has 1 aliphatic rings. The second kappa shape index (κ2) is 6.84. The molecule has 1 atom stereocenters. The number of methoxy groups -OCH3 is 1. The number of furan rings is 1. The van der Waals surface area contributed by atoms with Crippen molar-refractivity contribution in [3.63, 3.8) is 0 Å². The van der Waals surface area contributed by atoms with Crippen LogP contribution in [0.2, 0.25) is 0 Å². The molecule has 3 aromatic rings. The van der Waals surface area contributed by atoms with Gasteiger partial charge in [-0.2, -0.15) is 0 Å². The zero-order valence-corrected chi connectivity index (χ0v) is 14.9. The van der Waals surface area contributed by atoms with Gasteiger partial charge in [-0.1, -0.05) is 24.3 Å². The van der Waals surface area contributed by atoms with Crippen molar-refractivity contribution in [3.05, 3.63) is 65.4 Å². The largest absolute Gasteiger partial charge is 0.497 e. The number of likely N-dealkylation sites (N-methyl/N-ethyl adjacent to an activating group) is 1. The van der Waals surface area contributed by atoms with Gasteiger partial charge < -0.3 is 18.8 Å². The number of carbonyl (C=O) groups excluding carboxylic acids is 1. The van der Waals surface area contributed by atoms with Crippen molar-refractivity contribution < 1.29 is 18.7 Å². The van der Waals surface area contributed by atoms with E-state index in [4.69, 9.17) is 13.9 Å². The molecule has 1 aliphatic heterocycles. The first kappa shape index (κ1) is 16.7. The van der Waals surface area contributed by atoms with E-state index < -0.39 is 0 Å². The van der Waals surface area contributed by atoms with Gasteiger partial charge in [-0.05, 0) is 35.4 Å². The van der Waals surface area contributed by atoms with Crippen LogP contribution in [0.5, 0.6) is 5.75 Å². The summed E-state index contributed by atoms with van der Waals surface area (Å²) in [4.78, 5) is 14.4. The first-order valence-corrected chi connectivity index (χ1v) is 8.65. The summed E-state index contributed by atoms with van der Waals surface area (Å²) < 4.78 is 16.8. The summed E-state index contributed by atoms with van der Waals surface area (Å²) >= 11 is 0. The molecule has 5 nitrogen and oxygen atoms in total. The Balaban J connectivity index is 1.46. The quantitative estimate of drug-likeness (QED) is 0.720. The van der Waals surface area contributed by atoms with Crippen LogP contribution in [0, 0.1) is 0 Å². The van der Waals surface area contributed by atoms with Crippen LogP contribution in [0.25, 0.3) is 11.0 Å². The Morgan fingerprint density at radius 2 is 2.00 bits per heavy atom. The predicted molar refractivity (Wildman–Crippen MR) is 98.4 cm³/mol. The van der Waals surface area contributed by atoms with Crippen LogP contribution < -0.4 is 4.74 Å². The minimum atomic E-state index is -0.150. The third kappa shape index (κ3) is 3.18. The highest BCUT2D eigenvalue weighted by atomic mass is 16.5. The maximum absolute atomic E-state index is 12.7. The molecule has 2 aromatic carbocycles. The average molecular weight is 351 g/mol. The van der Waals surface area contributed by atoms with Crippen molar-refractivity contribution >= 4 is 16.9 Å². The van der Waals surface area contributed by atoms with Gasteiger partial charge in [-0.15, -0.1) is 0 Å². The van der Waals surface area contributed by atoms with Crippen molar-refractivity contribution in [1.82, 2.24) is 4.90 Å². The van der Waals surface area contributed by atoms with Gasteiger partial charge in [0.1, 0.15) is 11.3 Å². The van der Waals surface area contributed by atoms with Gasteiger partial charge in [0, 0.05) is 25.4 Å². The lowest BCUT2D eigenvalue weighted by Crippen LogP contribution is -2.38. The minimum absolute atomic E-state index is 0.0108. The van der Waals surface area contributed by atoms with Crippen LogP contribution in [0.4, 0.5) is 0 Å². The summed E-state index contributed by atoms with van der Waals surface area (Å²) in [5.41, 5.74) is 3.19. The molecule has 0 radical (unpaired) electrons. The molecule has 0 saturated heterocycles. The Morgan fingerprint density at radius 3 is 2.81 bits per heavy atom. The molecule has 4 rings (SSSR count). The van der Waals surface area contributed by atoms with Gasteiger partial charge >= 0.3 is 0 Å². The highest BCUT2D eigenvalue weighted by molar-refractivity contribution is 5.96. The summed E-state index contributed by atoms with van der Waals surface area (Å²) in [6, 6.07) is 15.5. The van der Waals surface area contributed by atoms with E-state index in [-0.39, 0.29) is 12.0 Å². The fourth-order valence-electron chi connectivity index (χ4n) is 3.36. The zero-order chi connectivity index (χ0) is 18.1. The van der Waals surface area contributed by atoms with Gasteiger partial charge in [-0.25, -0.2) is 0 Å². The maximum Gasteiger partial charge on any atom is 0.289 e. The number of rotatable bonds is 4. The van der Waals surface area contributed by atoms with Gasteiger partial charge in [0.25, 0.3) is 5.91 Å². The number of nitrogens with zero attached hydrogens (tertiary/aromatic N) is 1. The number of hydrogen-bond acceptors (Lipinski definition) is 4. The number of carbonyl (C=O) groups is 1. The fraction of sp³-hybridized carbons (Fsp3) is 0.286. The Morgan fingerprint density at radius 1 is 1.19 bits per heavy atom. The number of ether oxygens (including phenoxy) is 2. The minimum Gasteiger partial charge on any atom is -0.497 e. The molecule has 0 N–H and O–H groups in total. The van der Waals surface area contributed by atoms with Crippen molar-refractivity contribution in [2.24, 2.45) is 0 Å². The molecule has 0 fully saturated rings. The third-order valence-corrected chi connectivity index (χ3v) is 4.80. The molecular weight excluding hydrogens is 330 g/mol. The predicted octanol–water partition coefficient (Wildman–Crippen LogP) is 3.65. The molecule has 26 heavy (non-hydrogen) atoms. The Labute approximate surface area is 152 Å². The van der Waals surface area contributed by atoms with Crippen molar-refractivity contribution in [2.75, 3.05) is 20.7 Å². The lowest BCUT2D eigenvalue weighted by atomic mass is 9.99. The lowest BCUT2D eigenvalue weighted by molar-refractivity contribution is 0.00925. The van der Waals surface area contributed by atoms with Gasteiger partial charge in [0.15, 0.2) is 5.76 Å². The summed E-state index contributed by atoms with van der Waals surface area (Å²) in [5.74, 6) is 0.912. The van der Waals surface area contributed by atoms with Crippen LogP contribution in [-0.4, -0.2) is 37.6 Å². The second-order valence-corrected chi connectivity index (χ2v) is 6.61. The van der Waals surface area contributed by atoms with Crippen LogP contribution in [0.1, 0.15) is 21.7 Å². The molecule has 0 aliphatic carbocycles. The fourth-order valence-corrected chi connectivity index (χ4v) is 3.36. The number of hydrogen-bond donors (Lipinski definition) is 0. The van der Waals surface area contributed by atoms with E-state index in [0.29, 0.717) is 24.5 Å². The van der Waals surface area contributed by atoms with Crippen LogP contribution >= 0.6 is 0 Å². The summed E-state index contributed by atoms with van der Waals surface area (Å²) in [6.45, 7) is 1.11. The van der Waals surface area contributed by atoms with E-state index in [2.05, 4.69) is 12.1 Å². The van der Waals surface area contributed by atoms with E-state index in [0.717, 1.165) is 17.6 Å². The van der Waals surface area contributed by atoms with E-state index in [9.17, 15) is 4.79 Å². The van der Waals surface area contributed by atoms with Gasteiger partial charge in [-0.3, -0.25) is 4.79 Å². The topological polar surface area (TPSA) is 51.9 Å². The Hall–Kier alpha value is -2.79. The summed E-state index contributed by atoms with van der Waals surface area (Å²) in [6.07, 6.45) is 0.800. The molecule has 134 valence electrons. The maximum atomic E-state index is 12.7. The molecule has 1 aromatic heterocycles. The standard InChI is InChI=1S/C21H21NO4/c1-22(12-18-9-14-5-3-4-6-15(14)13-25-18)21(23)20-11-16-10-17(24-2)7-8-19(16)26-20/h3-8,10-11,18H,9,12-13H2,1-2H3. The molecule has 0 saturated carbocycles. The first-order chi connectivity index (χ1) is 12.6. The van der Waals surface area contributed by atoms with Crippen molar-refractivity contribution in [3.8, 4) is 5.75 Å². The van der Waals surface area contributed by atoms with Gasteiger partial charge in [0.2, 0.25) is 0 Å². The highest BCUT2D eigenvalue weighted by Crippen LogP contribution is 2.25. The SMILES string of the molecule is COc1ccc2oc(C(=O)N(C)CC3Cc4ccccc4CO3)cc2c1. The normalized spacial score (nSPS) is 16.3. The van der Waals surface area contributed by atoms with E-state index in [1.54, 1.807) is 25.1 Å². The summed E-state index contributed by atoms with van der Waals surface area (Å²) in [5, 5.41) is 0.851. The van der Waals surface area contributed by atoms with E-state index >= 15 is 0 Å². The zero-order valence-electron chi connectivity index (χ0n) is 14.9. The molecular formula is C21H21NO4. The molecule has 0 spiro atoms. The Bertz CT molecular complexity index is 946. The van der Waals surface area contributed by atoms with Crippen LogP contribution in [0.3, 0.4) is 0 Å². The Kier molecular flexibility index (Phi) is 4.39. The number of fused-ring (bicyclic) bond motifs is 2. The lowest BCUT2D eigenvalue weighted by Gasteiger charge is -2.28. The second-order valence-electron chi connectivity index (χ2n) is 6.61. The molecule has 5 heteroatoms. The smallest absolute Gasteiger partial charge is 0.289 e. The molecule has 2 heterocycles. The highest BCUT2D eigenvalue weighted by Gasteiger charge is 2.24. The van der Waals surface area contributed by atoms with E-state index in [1.165, 1.54) is 11.1 Å². The van der Waals surface area contributed by atoms with Gasteiger partial charge in [0.05, 0.1) is 19.8 Å². The van der Waals surface area contributed by atoms with Crippen LogP contribution in [0.15, 0.2) is 52.9 Å². The average Bonchev–Trinajstić information content (AvgIpc) is 3.10.